The van der Waals surface area contributed by atoms with Crippen molar-refractivity contribution in [2.45, 2.75) is 13.0 Å². The molecule has 0 spiro atoms. The van der Waals surface area contributed by atoms with Gasteiger partial charge in [0.25, 0.3) is 5.78 Å². The highest BCUT2D eigenvalue weighted by Gasteiger charge is 2.48. The molecule has 2 heterocycles. The third-order valence-electron chi connectivity index (χ3n) is 5.94. The largest absolute Gasteiger partial charge is 0.507 e. The topological polar surface area (TPSA) is 109 Å². The van der Waals surface area contributed by atoms with Crippen molar-refractivity contribution in [3.63, 3.8) is 0 Å². The van der Waals surface area contributed by atoms with Crippen LogP contribution >= 0.6 is 27.3 Å². The number of amides is 1. The minimum atomic E-state index is -1.03. The van der Waals surface area contributed by atoms with Crippen LogP contribution in [0.3, 0.4) is 0 Å². The summed E-state index contributed by atoms with van der Waals surface area (Å²) in [5, 5.41) is 21.9. The molecule has 188 valence electrons. The lowest BCUT2D eigenvalue weighted by atomic mass is 9.95. The predicted octanol–water partition coefficient (Wildman–Crippen LogP) is 5.80. The van der Waals surface area contributed by atoms with Crippen LogP contribution in [-0.4, -0.2) is 40.6 Å². The number of thiazole rings is 1. The lowest BCUT2D eigenvalue weighted by Crippen LogP contribution is -2.29. The number of rotatable bonds is 6. The third-order valence-corrected chi connectivity index (χ3v) is 7.57. The Labute approximate surface area is 224 Å². The van der Waals surface area contributed by atoms with Gasteiger partial charge in [0, 0.05) is 5.56 Å². The highest BCUT2D eigenvalue weighted by molar-refractivity contribution is 9.10. The van der Waals surface area contributed by atoms with E-state index in [1.54, 1.807) is 48.5 Å². The average molecular weight is 581 g/mol. The minimum absolute atomic E-state index is 0.0925. The van der Waals surface area contributed by atoms with Gasteiger partial charge in [-0.3, -0.25) is 14.5 Å². The number of benzene rings is 3. The molecular weight excluding hydrogens is 560 g/mol. The molecule has 37 heavy (non-hydrogen) atoms. The number of phenolic OH excluding ortho intramolecular Hbond substituents is 1. The molecule has 1 unspecified atom stereocenters. The zero-order valence-corrected chi connectivity index (χ0v) is 22.2. The molecule has 1 aliphatic rings. The van der Waals surface area contributed by atoms with E-state index in [9.17, 15) is 19.8 Å². The Hall–Kier alpha value is -3.89. The van der Waals surface area contributed by atoms with Crippen LogP contribution < -0.4 is 14.4 Å². The molecule has 1 aromatic heterocycles. The van der Waals surface area contributed by atoms with E-state index in [0.717, 1.165) is 4.70 Å². The molecule has 3 aromatic carbocycles. The molecule has 10 heteroatoms. The number of methoxy groups -OCH3 is 1. The molecule has 2 N–H and O–H groups in total. The molecule has 1 aliphatic heterocycles. The van der Waals surface area contributed by atoms with Crippen LogP contribution in [-0.2, 0) is 9.59 Å². The van der Waals surface area contributed by atoms with Crippen LogP contribution in [0.25, 0.3) is 16.0 Å². The summed E-state index contributed by atoms with van der Waals surface area (Å²) in [4.78, 5) is 32.8. The zero-order valence-electron chi connectivity index (χ0n) is 19.8. The van der Waals surface area contributed by atoms with Crippen LogP contribution in [0.5, 0.6) is 17.2 Å². The van der Waals surface area contributed by atoms with E-state index in [1.807, 2.05) is 13.0 Å². The molecule has 1 amide bonds. The first-order valence-corrected chi connectivity index (χ1v) is 12.9. The number of aliphatic hydroxyl groups is 1. The number of ether oxygens (including phenoxy) is 2. The van der Waals surface area contributed by atoms with Crippen molar-refractivity contribution in [3.05, 3.63) is 81.8 Å². The number of aromatic hydroxyl groups is 1. The molecular formula is C27H21BrN2O6S. The smallest absolute Gasteiger partial charge is 0.301 e. The van der Waals surface area contributed by atoms with E-state index in [2.05, 4.69) is 20.9 Å². The summed E-state index contributed by atoms with van der Waals surface area (Å²) in [6, 6.07) is 16.0. The monoisotopic (exact) mass is 580 g/mol. The number of aromatic nitrogens is 1. The molecule has 8 nitrogen and oxygen atoms in total. The lowest BCUT2D eigenvalue weighted by Gasteiger charge is -2.24. The Morgan fingerprint density at radius 2 is 1.89 bits per heavy atom. The number of aliphatic hydroxyl groups excluding tert-OH is 1. The van der Waals surface area contributed by atoms with Gasteiger partial charge in [-0.05, 0) is 58.7 Å². The van der Waals surface area contributed by atoms with Gasteiger partial charge in [-0.15, -0.1) is 0 Å². The molecule has 0 aliphatic carbocycles. The molecule has 4 aromatic rings. The van der Waals surface area contributed by atoms with Crippen molar-refractivity contribution in [1.29, 1.82) is 0 Å². The predicted molar refractivity (Wildman–Crippen MR) is 144 cm³/mol. The Kier molecular flexibility index (Phi) is 6.61. The maximum atomic E-state index is 13.5. The average Bonchev–Trinajstić information content (AvgIpc) is 3.43. The Morgan fingerprint density at radius 1 is 1.14 bits per heavy atom. The van der Waals surface area contributed by atoms with Gasteiger partial charge in [-0.2, -0.15) is 0 Å². The van der Waals surface area contributed by atoms with E-state index in [0.29, 0.717) is 33.5 Å². The van der Waals surface area contributed by atoms with E-state index in [-0.39, 0.29) is 28.0 Å². The third kappa shape index (κ3) is 4.32. The number of hydrogen-bond donors (Lipinski definition) is 2. The van der Waals surface area contributed by atoms with E-state index in [1.165, 1.54) is 29.4 Å². The SMILES string of the molecule is CCOc1ccc2nc(N3C(=O)C(=O)C(=C(O)c4ccccc4)C3c3cc(Br)c(O)c(OC)c3)sc2c1. The lowest BCUT2D eigenvalue weighted by molar-refractivity contribution is -0.132. The second kappa shape index (κ2) is 9.87. The van der Waals surface area contributed by atoms with Crippen molar-refractivity contribution in [3.8, 4) is 17.2 Å². The fourth-order valence-corrected chi connectivity index (χ4v) is 5.74. The van der Waals surface area contributed by atoms with Crippen molar-refractivity contribution in [1.82, 2.24) is 4.98 Å². The number of phenols is 1. The quantitative estimate of drug-likeness (QED) is 0.168. The molecule has 1 fully saturated rings. The summed E-state index contributed by atoms with van der Waals surface area (Å²) in [6.45, 7) is 2.39. The van der Waals surface area contributed by atoms with Crippen molar-refractivity contribution in [2.75, 3.05) is 18.6 Å². The fourth-order valence-electron chi connectivity index (χ4n) is 4.26. The second-order valence-corrected chi connectivity index (χ2v) is 10.0. The molecule has 0 radical (unpaired) electrons. The van der Waals surface area contributed by atoms with Gasteiger partial charge in [-0.1, -0.05) is 41.7 Å². The maximum Gasteiger partial charge on any atom is 0.301 e. The molecule has 1 saturated heterocycles. The van der Waals surface area contributed by atoms with E-state index >= 15 is 0 Å². The van der Waals surface area contributed by atoms with Gasteiger partial charge in [0.2, 0.25) is 0 Å². The first-order valence-electron chi connectivity index (χ1n) is 11.3. The number of nitrogens with zero attached hydrogens (tertiary/aromatic N) is 2. The van der Waals surface area contributed by atoms with Gasteiger partial charge < -0.3 is 19.7 Å². The highest BCUT2D eigenvalue weighted by Crippen LogP contribution is 2.47. The summed E-state index contributed by atoms with van der Waals surface area (Å²) in [6.07, 6.45) is 0. The van der Waals surface area contributed by atoms with Crippen molar-refractivity contribution < 1.29 is 29.3 Å². The van der Waals surface area contributed by atoms with Gasteiger partial charge in [0.1, 0.15) is 11.5 Å². The minimum Gasteiger partial charge on any atom is -0.507 e. The summed E-state index contributed by atoms with van der Waals surface area (Å²) in [5.41, 5.74) is 1.37. The fraction of sp³-hybridized carbons (Fsp3) is 0.148. The first kappa shape index (κ1) is 24.8. The number of Topliss-reactive ketones (excluding diaryl/α,β-unsaturated/α-hetero) is 1. The molecule has 0 bridgehead atoms. The number of ketones is 1. The van der Waals surface area contributed by atoms with Crippen LogP contribution in [0.1, 0.15) is 24.1 Å². The summed E-state index contributed by atoms with van der Waals surface area (Å²) < 4.78 is 12.0. The Morgan fingerprint density at radius 3 is 2.59 bits per heavy atom. The normalized spacial score (nSPS) is 16.9. The first-order chi connectivity index (χ1) is 17.8. The summed E-state index contributed by atoms with van der Waals surface area (Å²) in [7, 11) is 1.40. The summed E-state index contributed by atoms with van der Waals surface area (Å²) in [5.74, 6) is -1.30. The number of halogens is 1. The van der Waals surface area contributed by atoms with Crippen molar-refractivity contribution >= 4 is 60.1 Å². The standard InChI is InChI=1S/C27H21BrN2O6S/c1-3-36-16-9-10-18-20(13-16)37-27(29-18)30-22(15-11-17(28)24(32)19(12-15)35-2)21(25(33)26(30)34)23(31)14-7-5-4-6-8-14/h4-13,22,31-32H,3H2,1-2H3. The van der Waals surface area contributed by atoms with E-state index in [4.69, 9.17) is 9.47 Å². The van der Waals surface area contributed by atoms with Gasteiger partial charge in [-0.25, -0.2) is 4.98 Å². The zero-order chi connectivity index (χ0) is 26.3. The molecule has 1 atom stereocenters. The summed E-state index contributed by atoms with van der Waals surface area (Å²) >= 11 is 4.55. The molecule has 0 saturated carbocycles. The van der Waals surface area contributed by atoms with Crippen LogP contribution in [0, 0.1) is 0 Å². The Balaban J connectivity index is 1.74. The second-order valence-electron chi connectivity index (χ2n) is 8.15. The Bertz CT molecular complexity index is 1570. The van der Waals surface area contributed by atoms with Gasteiger partial charge >= 0.3 is 5.91 Å². The van der Waals surface area contributed by atoms with Crippen molar-refractivity contribution in [2.24, 2.45) is 0 Å². The van der Waals surface area contributed by atoms with Gasteiger partial charge in [0.05, 0.1) is 40.0 Å². The highest BCUT2D eigenvalue weighted by atomic mass is 79.9. The van der Waals surface area contributed by atoms with Crippen LogP contribution in [0.2, 0.25) is 0 Å². The van der Waals surface area contributed by atoms with E-state index < -0.39 is 17.7 Å². The number of anilines is 1. The number of carbonyl (C=O) groups is 2. The van der Waals surface area contributed by atoms with Crippen LogP contribution in [0.15, 0.2) is 70.7 Å². The maximum absolute atomic E-state index is 13.5. The number of fused-ring (bicyclic) bond motifs is 1. The van der Waals surface area contributed by atoms with Crippen LogP contribution in [0.4, 0.5) is 5.13 Å². The number of hydrogen-bond acceptors (Lipinski definition) is 8. The number of carbonyl (C=O) groups excluding carboxylic acids is 2. The van der Waals surface area contributed by atoms with Gasteiger partial charge in [0.15, 0.2) is 16.6 Å². The molecule has 5 rings (SSSR count).